The first-order valence-corrected chi connectivity index (χ1v) is 9.49. The van der Waals surface area contributed by atoms with Gasteiger partial charge >= 0.3 is 6.03 Å². The summed E-state index contributed by atoms with van der Waals surface area (Å²) in [5.41, 5.74) is 1.32. The summed E-state index contributed by atoms with van der Waals surface area (Å²) in [5.74, 6) is -0.281. The number of nitrogens with one attached hydrogen (secondary N) is 2. The molecule has 2 aromatic carbocycles. The Balaban J connectivity index is 2.20. The monoisotopic (exact) mass is 416 g/mol. The van der Waals surface area contributed by atoms with Crippen LogP contribution in [0.2, 0.25) is 0 Å². The number of nitro groups is 1. The van der Waals surface area contributed by atoms with E-state index in [1.54, 1.807) is 18.2 Å². The molecule has 1 unspecified atom stereocenters. The predicted octanol–water partition coefficient (Wildman–Crippen LogP) is 4.64. The summed E-state index contributed by atoms with van der Waals surface area (Å²) in [4.78, 5) is 36.1. The van der Waals surface area contributed by atoms with Gasteiger partial charge in [-0.1, -0.05) is 57.0 Å². The molecule has 29 heavy (non-hydrogen) atoms. The molecule has 2 rings (SSSR count). The highest BCUT2D eigenvalue weighted by Gasteiger charge is 2.30. The second-order valence-electron chi connectivity index (χ2n) is 7.00. The molecule has 0 bridgehead atoms. The van der Waals surface area contributed by atoms with Crippen LogP contribution in [0.15, 0.2) is 48.5 Å². The molecule has 0 spiro atoms. The Kier molecular flexibility index (Phi) is 7.60. The molecule has 154 valence electrons. The van der Waals surface area contributed by atoms with Crippen molar-refractivity contribution in [3.05, 3.63) is 64.2 Å². The highest BCUT2D eigenvalue weighted by molar-refractivity contribution is 7.78. The molecule has 0 saturated heterocycles. The Hall–Kier alpha value is -3.07. The molecule has 0 aromatic heterocycles. The van der Waals surface area contributed by atoms with Crippen LogP contribution in [-0.4, -0.2) is 27.2 Å². The first-order valence-electron chi connectivity index (χ1n) is 9.09. The summed E-state index contributed by atoms with van der Waals surface area (Å²) in [6.07, 6.45) is 0.367. The minimum absolute atomic E-state index is 0.0316. The first kappa shape index (κ1) is 22.2. The molecule has 0 aliphatic carbocycles. The molecule has 8 nitrogen and oxygen atoms in total. The van der Waals surface area contributed by atoms with Crippen LogP contribution < -0.4 is 10.6 Å². The van der Waals surface area contributed by atoms with Crippen molar-refractivity contribution in [2.45, 2.75) is 33.2 Å². The van der Waals surface area contributed by atoms with Crippen molar-refractivity contribution in [2.75, 3.05) is 10.6 Å². The Morgan fingerprint density at radius 1 is 1.07 bits per heavy atom. The highest BCUT2D eigenvalue weighted by atomic mass is 32.1. The zero-order valence-corrected chi connectivity index (χ0v) is 17.3. The molecule has 0 saturated carbocycles. The number of nitro benzene ring substituents is 1. The van der Waals surface area contributed by atoms with Crippen molar-refractivity contribution in [1.29, 1.82) is 0 Å². The SMILES string of the molecule is Cc1ccccc1NC(=O)C(CC(C)C)N(S)C(=O)Nc1ccccc1[N+](=O)[O-]. The average Bonchev–Trinajstić information content (AvgIpc) is 2.67. The number of carbonyl (C=O) groups excluding carboxylic acids is 2. The van der Waals surface area contributed by atoms with Gasteiger partial charge in [-0.15, -0.1) is 0 Å². The molecule has 0 aliphatic heterocycles. The van der Waals surface area contributed by atoms with Gasteiger partial charge in [-0.05, 0) is 37.0 Å². The molecule has 2 N–H and O–H groups in total. The number of urea groups is 1. The summed E-state index contributed by atoms with van der Waals surface area (Å²) in [7, 11) is 0. The fraction of sp³-hybridized carbons (Fsp3) is 0.300. The second-order valence-corrected chi connectivity index (χ2v) is 7.43. The fourth-order valence-corrected chi connectivity index (χ4v) is 3.00. The van der Waals surface area contributed by atoms with Crippen molar-refractivity contribution < 1.29 is 14.5 Å². The number of thiol groups is 1. The number of carbonyl (C=O) groups is 2. The maximum Gasteiger partial charge on any atom is 0.332 e. The smallest absolute Gasteiger partial charge is 0.324 e. The Labute approximate surface area is 175 Å². The molecular weight excluding hydrogens is 392 g/mol. The number of benzene rings is 2. The molecule has 1 atom stereocenters. The minimum atomic E-state index is -0.874. The summed E-state index contributed by atoms with van der Waals surface area (Å²) in [6, 6.07) is 11.5. The van der Waals surface area contributed by atoms with Crippen LogP contribution in [0.4, 0.5) is 21.9 Å². The van der Waals surface area contributed by atoms with E-state index in [1.165, 1.54) is 18.2 Å². The summed E-state index contributed by atoms with van der Waals surface area (Å²) in [6.45, 7) is 5.72. The van der Waals surface area contributed by atoms with E-state index in [-0.39, 0.29) is 23.2 Å². The zero-order chi connectivity index (χ0) is 21.6. The maximum absolute atomic E-state index is 12.9. The molecule has 0 heterocycles. The molecule has 3 amide bonds. The average molecular weight is 417 g/mol. The van der Waals surface area contributed by atoms with Crippen LogP contribution in [0.25, 0.3) is 0 Å². The van der Waals surface area contributed by atoms with Crippen molar-refractivity contribution in [3.63, 3.8) is 0 Å². The zero-order valence-electron chi connectivity index (χ0n) is 16.5. The first-order chi connectivity index (χ1) is 13.7. The molecule has 0 fully saturated rings. The summed E-state index contributed by atoms with van der Waals surface area (Å²) < 4.78 is 0.977. The van der Waals surface area contributed by atoms with Gasteiger partial charge in [0.2, 0.25) is 5.91 Å². The third-order valence-electron chi connectivity index (χ3n) is 4.25. The number of hydrogen-bond donors (Lipinski definition) is 3. The van der Waals surface area contributed by atoms with E-state index in [1.807, 2.05) is 32.9 Å². The standard InChI is InChI=1S/C20H24N4O4S/c1-13(2)12-18(19(25)21-15-9-5-4-8-14(15)3)23(29)20(26)22-16-10-6-7-11-17(16)24(27)28/h4-11,13,18,29H,12H2,1-3H3,(H,21,25)(H,22,26). The number of nitrogens with zero attached hydrogens (tertiary/aromatic N) is 2. The fourth-order valence-electron chi connectivity index (χ4n) is 2.75. The van der Waals surface area contributed by atoms with E-state index in [9.17, 15) is 19.7 Å². The van der Waals surface area contributed by atoms with Gasteiger partial charge in [-0.3, -0.25) is 19.2 Å². The lowest BCUT2D eigenvalue weighted by Gasteiger charge is -2.27. The van der Waals surface area contributed by atoms with Gasteiger partial charge in [0.15, 0.2) is 0 Å². The van der Waals surface area contributed by atoms with Crippen LogP contribution >= 0.6 is 12.8 Å². The summed E-state index contributed by atoms with van der Waals surface area (Å²) >= 11 is 4.23. The van der Waals surface area contributed by atoms with Gasteiger partial charge in [0.25, 0.3) is 5.69 Å². The van der Waals surface area contributed by atoms with E-state index in [0.717, 1.165) is 9.87 Å². The molecular formula is C20H24N4O4S. The second kappa shape index (κ2) is 9.92. The minimum Gasteiger partial charge on any atom is -0.324 e. The molecule has 9 heteroatoms. The van der Waals surface area contributed by atoms with E-state index >= 15 is 0 Å². The predicted molar refractivity (Wildman–Crippen MR) is 116 cm³/mol. The van der Waals surface area contributed by atoms with Gasteiger partial charge in [-0.2, -0.15) is 0 Å². The van der Waals surface area contributed by atoms with Crippen LogP contribution in [0.5, 0.6) is 0 Å². The van der Waals surface area contributed by atoms with Crippen molar-refractivity contribution in [2.24, 2.45) is 5.92 Å². The lowest BCUT2D eigenvalue weighted by Crippen LogP contribution is -2.44. The van der Waals surface area contributed by atoms with Crippen molar-refractivity contribution in [1.82, 2.24) is 4.31 Å². The lowest BCUT2D eigenvalue weighted by atomic mass is 10.0. The Morgan fingerprint density at radius 3 is 2.24 bits per heavy atom. The number of hydrogen-bond acceptors (Lipinski definition) is 5. The summed E-state index contributed by atoms with van der Waals surface area (Å²) in [5, 5.41) is 16.4. The van der Waals surface area contributed by atoms with Crippen LogP contribution in [0.1, 0.15) is 25.8 Å². The molecule has 0 aliphatic rings. The van der Waals surface area contributed by atoms with E-state index in [2.05, 4.69) is 23.4 Å². The Morgan fingerprint density at radius 2 is 1.66 bits per heavy atom. The molecule has 0 radical (unpaired) electrons. The van der Waals surface area contributed by atoms with Gasteiger partial charge in [0, 0.05) is 11.8 Å². The van der Waals surface area contributed by atoms with Gasteiger partial charge < -0.3 is 10.6 Å². The number of rotatable bonds is 7. The third-order valence-corrected chi connectivity index (χ3v) is 4.71. The van der Waals surface area contributed by atoms with Crippen molar-refractivity contribution in [3.8, 4) is 0 Å². The van der Waals surface area contributed by atoms with Crippen LogP contribution in [0, 0.1) is 23.0 Å². The van der Waals surface area contributed by atoms with Gasteiger partial charge in [0.05, 0.1) is 4.92 Å². The Bertz CT molecular complexity index is 904. The largest absolute Gasteiger partial charge is 0.332 e. The van der Waals surface area contributed by atoms with Crippen LogP contribution in [-0.2, 0) is 4.79 Å². The normalized spacial score (nSPS) is 11.6. The highest BCUT2D eigenvalue weighted by Crippen LogP contribution is 2.25. The number of amides is 3. The van der Waals surface area contributed by atoms with E-state index in [4.69, 9.17) is 0 Å². The number of anilines is 2. The number of para-hydroxylation sites is 3. The lowest BCUT2D eigenvalue weighted by molar-refractivity contribution is -0.383. The van der Waals surface area contributed by atoms with Crippen molar-refractivity contribution >= 4 is 41.8 Å². The topological polar surface area (TPSA) is 105 Å². The maximum atomic E-state index is 12.9. The van der Waals surface area contributed by atoms with Gasteiger partial charge in [0.1, 0.15) is 11.7 Å². The van der Waals surface area contributed by atoms with E-state index < -0.39 is 17.0 Å². The number of aryl methyl sites for hydroxylation is 1. The van der Waals surface area contributed by atoms with Gasteiger partial charge in [-0.25, -0.2) is 4.79 Å². The van der Waals surface area contributed by atoms with Crippen LogP contribution in [0.3, 0.4) is 0 Å². The van der Waals surface area contributed by atoms with E-state index in [0.29, 0.717) is 12.1 Å². The third kappa shape index (κ3) is 5.95. The molecule has 2 aromatic rings. The quantitative estimate of drug-likeness (QED) is 0.347.